The second-order valence-electron chi connectivity index (χ2n) is 3.82. The Labute approximate surface area is 117 Å². The number of hydrogen-bond donors (Lipinski definition) is 1. The van der Waals surface area contributed by atoms with E-state index in [1.165, 1.54) is 12.1 Å². The van der Waals surface area contributed by atoms with Crippen LogP contribution in [0, 0.1) is 11.6 Å². The molecular weight excluding hydrogens is 324 g/mol. The third-order valence-electron chi connectivity index (χ3n) is 2.60. The molecule has 0 aliphatic rings. The third kappa shape index (κ3) is 2.71. The fourth-order valence-electron chi connectivity index (χ4n) is 1.64. The van der Waals surface area contributed by atoms with E-state index < -0.39 is 17.7 Å². The van der Waals surface area contributed by atoms with E-state index >= 15 is 0 Å². The number of hydrogen-bond acceptors (Lipinski definition) is 1. The summed E-state index contributed by atoms with van der Waals surface area (Å²) in [6, 6.07) is 7.78. The van der Waals surface area contributed by atoms with Gasteiger partial charge in [-0.3, -0.25) is 0 Å². The molecule has 0 saturated carbocycles. The summed E-state index contributed by atoms with van der Waals surface area (Å²) >= 11 is 9.22. The molecule has 0 saturated heterocycles. The Morgan fingerprint density at radius 3 is 2.44 bits per heavy atom. The molecule has 0 aromatic heterocycles. The smallest absolute Gasteiger partial charge is 0.131 e. The van der Waals surface area contributed by atoms with Crippen molar-refractivity contribution in [1.29, 1.82) is 0 Å². The summed E-state index contributed by atoms with van der Waals surface area (Å²) in [4.78, 5) is 0. The molecule has 18 heavy (non-hydrogen) atoms. The second kappa shape index (κ2) is 5.34. The minimum atomic E-state index is -0.684. The summed E-state index contributed by atoms with van der Waals surface area (Å²) in [5.74, 6) is -1.29. The highest BCUT2D eigenvalue weighted by Gasteiger charge is 2.15. The molecule has 0 heterocycles. The van der Waals surface area contributed by atoms with Gasteiger partial charge in [0.1, 0.15) is 11.6 Å². The number of benzene rings is 2. The van der Waals surface area contributed by atoms with Crippen LogP contribution in [0.2, 0.25) is 5.02 Å². The normalized spacial score (nSPS) is 12.5. The number of halogens is 4. The Hall–Kier alpha value is -0.970. The van der Waals surface area contributed by atoms with Gasteiger partial charge in [0.05, 0.1) is 11.1 Å². The lowest BCUT2D eigenvalue weighted by atomic mass is 9.99. The maximum Gasteiger partial charge on any atom is 0.131 e. The fourth-order valence-corrected chi connectivity index (χ4v) is 2.07. The van der Waals surface area contributed by atoms with Gasteiger partial charge in [0.2, 0.25) is 0 Å². The van der Waals surface area contributed by atoms with Gasteiger partial charge < -0.3 is 5.73 Å². The molecule has 1 nitrogen and oxygen atoms in total. The zero-order valence-electron chi connectivity index (χ0n) is 9.13. The molecule has 5 heteroatoms. The van der Waals surface area contributed by atoms with Crippen LogP contribution >= 0.6 is 27.5 Å². The van der Waals surface area contributed by atoms with E-state index in [0.717, 1.165) is 10.5 Å². The molecule has 2 N–H and O–H groups in total. The summed E-state index contributed by atoms with van der Waals surface area (Å²) in [5, 5.41) is 0.491. The molecule has 0 radical (unpaired) electrons. The van der Waals surface area contributed by atoms with Gasteiger partial charge in [-0.15, -0.1) is 0 Å². The lowest BCUT2D eigenvalue weighted by Crippen LogP contribution is -2.13. The fraction of sp³-hybridized carbons (Fsp3) is 0.0769. The van der Waals surface area contributed by atoms with Crippen molar-refractivity contribution in [2.24, 2.45) is 5.73 Å². The van der Waals surface area contributed by atoms with Crippen molar-refractivity contribution in [2.45, 2.75) is 6.04 Å². The predicted octanol–water partition coefficient (Wildman–Crippen LogP) is 4.43. The van der Waals surface area contributed by atoms with Crippen molar-refractivity contribution in [2.75, 3.05) is 0 Å². The van der Waals surface area contributed by atoms with Crippen LogP contribution in [0.1, 0.15) is 17.2 Å². The number of nitrogens with two attached hydrogens (primary N) is 1. The molecule has 2 aromatic carbocycles. The van der Waals surface area contributed by atoms with Crippen molar-refractivity contribution < 1.29 is 8.78 Å². The van der Waals surface area contributed by atoms with Gasteiger partial charge in [-0.2, -0.15) is 0 Å². The summed E-state index contributed by atoms with van der Waals surface area (Å²) in [7, 11) is 0. The minimum Gasteiger partial charge on any atom is -0.320 e. The quantitative estimate of drug-likeness (QED) is 0.865. The van der Waals surface area contributed by atoms with E-state index in [-0.39, 0.29) is 5.56 Å². The SMILES string of the molecule is NC(c1ccc(Br)c(Cl)c1)c1ccc(F)cc1F. The first-order chi connectivity index (χ1) is 8.49. The highest BCUT2D eigenvalue weighted by Crippen LogP contribution is 2.29. The largest absolute Gasteiger partial charge is 0.320 e. The second-order valence-corrected chi connectivity index (χ2v) is 5.08. The molecule has 0 fully saturated rings. The van der Waals surface area contributed by atoms with E-state index in [4.69, 9.17) is 17.3 Å². The maximum atomic E-state index is 13.6. The van der Waals surface area contributed by atoms with Gasteiger partial charge in [0.25, 0.3) is 0 Å². The molecule has 2 rings (SSSR count). The molecule has 0 aliphatic heterocycles. The van der Waals surface area contributed by atoms with Crippen LogP contribution in [0.15, 0.2) is 40.9 Å². The molecule has 0 spiro atoms. The average Bonchev–Trinajstić information content (AvgIpc) is 2.32. The highest BCUT2D eigenvalue weighted by atomic mass is 79.9. The van der Waals surface area contributed by atoms with Crippen LogP contribution in [0.25, 0.3) is 0 Å². The Morgan fingerprint density at radius 1 is 1.11 bits per heavy atom. The van der Waals surface area contributed by atoms with Gasteiger partial charge in [-0.1, -0.05) is 23.7 Å². The molecule has 2 aromatic rings. The van der Waals surface area contributed by atoms with Crippen molar-refractivity contribution in [3.05, 3.63) is 68.7 Å². The van der Waals surface area contributed by atoms with Crippen molar-refractivity contribution in [1.82, 2.24) is 0 Å². The van der Waals surface area contributed by atoms with Gasteiger partial charge in [0, 0.05) is 16.1 Å². The standard InChI is InChI=1S/C13H9BrClF2N/c14-10-4-1-7(5-11(10)15)13(18)9-3-2-8(16)6-12(9)17/h1-6,13H,18H2. The summed E-state index contributed by atoms with van der Waals surface area (Å²) in [5.41, 5.74) is 6.84. The van der Waals surface area contributed by atoms with E-state index in [9.17, 15) is 8.78 Å². The molecule has 0 aliphatic carbocycles. The van der Waals surface area contributed by atoms with Crippen molar-refractivity contribution >= 4 is 27.5 Å². The molecule has 0 bridgehead atoms. The van der Waals surface area contributed by atoms with Crippen LogP contribution in [-0.2, 0) is 0 Å². The van der Waals surface area contributed by atoms with Crippen molar-refractivity contribution in [3.63, 3.8) is 0 Å². The predicted molar refractivity (Wildman–Crippen MR) is 71.5 cm³/mol. The van der Waals surface area contributed by atoms with E-state index in [1.807, 2.05) is 0 Å². The Morgan fingerprint density at radius 2 is 1.83 bits per heavy atom. The van der Waals surface area contributed by atoms with Gasteiger partial charge in [-0.05, 0) is 39.7 Å². The summed E-state index contributed by atoms with van der Waals surface area (Å²) in [6.07, 6.45) is 0. The average molecular weight is 333 g/mol. The van der Waals surface area contributed by atoms with Crippen molar-refractivity contribution in [3.8, 4) is 0 Å². The van der Waals surface area contributed by atoms with Crippen LogP contribution in [0.4, 0.5) is 8.78 Å². The first-order valence-corrected chi connectivity index (χ1v) is 6.31. The lowest BCUT2D eigenvalue weighted by molar-refractivity contribution is 0.566. The van der Waals surface area contributed by atoms with Crippen LogP contribution in [0.5, 0.6) is 0 Å². The van der Waals surface area contributed by atoms with Crippen LogP contribution < -0.4 is 5.73 Å². The topological polar surface area (TPSA) is 26.0 Å². The zero-order chi connectivity index (χ0) is 13.3. The Balaban J connectivity index is 2.41. The molecule has 0 amide bonds. The van der Waals surface area contributed by atoms with E-state index in [0.29, 0.717) is 10.6 Å². The zero-order valence-corrected chi connectivity index (χ0v) is 11.5. The first-order valence-electron chi connectivity index (χ1n) is 5.14. The van der Waals surface area contributed by atoms with E-state index in [2.05, 4.69) is 15.9 Å². The molecule has 1 unspecified atom stereocenters. The van der Waals surface area contributed by atoms with Crippen LogP contribution in [0.3, 0.4) is 0 Å². The molecule has 94 valence electrons. The first kappa shape index (κ1) is 13.5. The molecule has 1 atom stereocenters. The Kier molecular flexibility index (Phi) is 4.00. The lowest BCUT2D eigenvalue weighted by Gasteiger charge is -2.14. The van der Waals surface area contributed by atoms with Gasteiger partial charge in [-0.25, -0.2) is 8.78 Å². The molecular formula is C13H9BrClF2N. The summed E-state index contributed by atoms with van der Waals surface area (Å²) in [6.45, 7) is 0. The van der Waals surface area contributed by atoms with Gasteiger partial charge >= 0.3 is 0 Å². The highest BCUT2D eigenvalue weighted by molar-refractivity contribution is 9.10. The monoisotopic (exact) mass is 331 g/mol. The summed E-state index contributed by atoms with van der Waals surface area (Å²) < 4.78 is 27.2. The third-order valence-corrected chi connectivity index (χ3v) is 3.83. The number of rotatable bonds is 2. The van der Waals surface area contributed by atoms with Gasteiger partial charge in [0.15, 0.2) is 0 Å². The minimum absolute atomic E-state index is 0.231. The Bertz CT molecular complexity index is 589. The van der Waals surface area contributed by atoms with E-state index in [1.54, 1.807) is 18.2 Å². The maximum absolute atomic E-state index is 13.6. The van der Waals surface area contributed by atoms with Crippen LogP contribution in [-0.4, -0.2) is 0 Å².